The molecule has 0 amide bonds. The summed E-state index contributed by atoms with van der Waals surface area (Å²) in [5.41, 5.74) is 0.434. The molecule has 130 valence electrons. The lowest BCUT2D eigenvalue weighted by Crippen LogP contribution is -2.23. The summed E-state index contributed by atoms with van der Waals surface area (Å²) < 4.78 is 20.9. The lowest BCUT2D eigenvalue weighted by atomic mass is 10.2. The van der Waals surface area contributed by atoms with E-state index in [0.29, 0.717) is 39.0 Å². The Morgan fingerprint density at radius 3 is 2.76 bits per heavy atom. The van der Waals surface area contributed by atoms with E-state index >= 15 is 0 Å². The van der Waals surface area contributed by atoms with Gasteiger partial charge in [0, 0.05) is 16.5 Å². The van der Waals surface area contributed by atoms with Crippen molar-refractivity contribution in [3.8, 4) is 11.4 Å². The summed E-state index contributed by atoms with van der Waals surface area (Å²) in [5, 5.41) is 1.79. The van der Waals surface area contributed by atoms with Crippen molar-refractivity contribution in [3.63, 3.8) is 0 Å². The van der Waals surface area contributed by atoms with Crippen molar-refractivity contribution in [3.05, 3.63) is 57.7 Å². The van der Waals surface area contributed by atoms with Crippen molar-refractivity contribution in [2.24, 2.45) is 0 Å². The highest BCUT2D eigenvalue weighted by Crippen LogP contribution is 2.31. The van der Waals surface area contributed by atoms with E-state index in [-0.39, 0.29) is 0 Å². The summed E-state index contributed by atoms with van der Waals surface area (Å²) in [5.74, 6) is 0.778. The van der Waals surface area contributed by atoms with Gasteiger partial charge in [-0.15, -0.1) is 11.8 Å². The van der Waals surface area contributed by atoms with Crippen molar-refractivity contribution >= 4 is 34.3 Å². The van der Waals surface area contributed by atoms with Gasteiger partial charge in [0.05, 0.1) is 17.8 Å². The third-order valence-electron chi connectivity index (χ3n) is 3.56. The average Bonchev–Trinajstić information content (AvgIpc) is 2.57. The Kier molecular flexibility index (Phi) is 5.30. The normalized spacial score (nSPS) is 11.0. The molecule has 0 saturated carbocycles. The minimum atomic E-state index is -0.489. The topological polar surface area (TPSA) is 44.1 Å². The van der Waals surface area contributed by atoms with E-state index in [1.165, 1.54) is 28.5 Å². The first-order chi connectivity index (χ1) is 12.0. The second kappa shape index (κ2) is 7.45. The van der Waals surface area contributed by atoms with Gasteiger partial charge in [0.15, 0.2) is 0 Å². The fraction of sp³-hybridized carbons (Fsp3) is 0.222. The Labute approximate surface area is 153 Å². The monoisotopic (exact) mass is 378 g/mol. The van der Waals surface area contributed by atoms with Crippen molar-refractivity contribution < 1.29 is 9.13 Å². The molecule has 0 unspecified atom stereocenters. The summed E-state index contributed by atoms with van der Waals surface area (Å²) in [6, 6.07) is 9.31. The Balaban J connectivity index is 2.37. The van der Waals surface area contributed by atoms with Crippen LogP contribution < -0.4 is 10.4 Å². The van der Waals surface area contributed by atoms with Crippen LogP contribution in [-0.4, -0.2) is 21.9 Å². The Bertz CT molecular complexity index is 991. The van der Waals surface area contributed by atoms with E-state index in [4.69, 9.17) is 16.3 Å². The van der Waals surface area contributed by atoms with Gasteiger partial charge in [-0.05, 0) is 43.0 Å². The van der Waals surface area contributed by atoms with Crippen LogP contribution in [0.5, 0.6) is 5.75 Å². The van der Waals surface area contributed by atoms with Crippen LogP contribution >= 0.6 is 23.4 Å². The SMILES string of the molecule is CCOc1cc(Cl)ccc1-n1c(=O)nc(SCC)c2ccc(F)cc21. The number of hydrogen-bond donors (Lipinski definition) is 0. The summed E-state index contributed by atoms with van der Waals surface area (Å²) >= 11 is 7.49. The van der Waals surface area contributed by atoms with Crippen LogP contribution in [0.2, 0.25) is 5.02 Å². The maximum Gasteiger partial charge on any atom is 0.353 e. The first-order valence-electron chi connectivity index (χ1n) is 7.83. The number of benzene rings is 2. The fourth-order valence-corrected chi connectivity index (χ4v) is 3.50. The van der Waals surface area contributed by atoms with Crippen molar-refractivity contribution in [1.82, 2.24) is 9.55 Å². The molecule has 1 aromatic heterocycles. The highest BCUT2D eigenvalue weighted by molar-refractivity contribution is 7.99. The molecule has 0 atom stereocenters. The van der Waals surface area contributed by atoms with Crippen LogP contribution in [0, 0.1) is 5.82 Å². The molecular formula is C18H16ClFN2O2S. The zero-order valence-corrected chi connectivity index (χ0v) is 15.3. The van der Waals surface area contributed by atoms with Gasteiger partial charge in [-0.2, -0.15) is 4.98 Å². The molecule has 0 aliphatic heterocycles. The van der Waals surface area contributed by atoms with E-state index in [0.717, 1.165) is 5.75 Å². The molecule has 0 bridgehead atoms. The zero-order chi connectivity index (χ0) is 18.0. The quantitative estimate of drug-likeness (QED) is 0.477. The van der Waals surface area contributed by atoms with E-state index < -0.39 is 11.5 Å². The number of nitrogens with zero attached hydrogens (tertiary/aromatic N) is 2. The van der Waals surface area contributed by atoms with Gasteiger partial charge in [-0.25, -0.2) is 9.18 Å². The van der Waals surface area contributed by atoms with Crippen LogP contribution in [0.15, 0.2) is 46.2 Å². The molecule has 1 heterocycles. The summed E-state index contributed by atoms with van der Waals surface area (Å²) in [7, 11) is 0. The number of halogens is 2. The molecule has 0 N–H and O–H groups in total. The third kappa shape index (κ3) is 3.50. The number of thioether (sulfide) groups is 1. The van der Waals surface area contributed by atoms with Gasteiger partial charge in [-0.1, -0.05) is 18.5 Å². The second-order valence-corrected chi connectivity index (χ2v) is 6.86. The fourth-order valence-electron chi connectivity index (χ4n) is 2.59. The highest BCUT2D eigenvalue weighted by Gasteiger charge is 2.16. The summed E-state index contributed by atoms with van der Waals surface area (Å²) in [6.07, 6.45) is 0. The van der Waals surface area contributed by atoms with Crippen LogP contribution in [-0.2, 0) is 0 Å². The van der Waals surface area contributed by atoms with Crippen LogP contribution in [0.4, 0.5) is 4.39 Å². The first-order valence-corrected chi connectivity index (χ1v) is 9.19. The van der Waals surface area contributed by atoms with Crippen molar-refractivity contribution in [1.29, 1.82) is 0 Å². The molecule has 0 spiro atoms. The number of hydrogen-bond acceptors (Lipinski definition) is 4. The maximum atomic E-state index is 13.9. The second-order valence-electron chi connectivity index (χ2n) is 5.17. The number of rotatable bonds is 5. The van der Waals surface area contributed by atoms with Crippen molar-refractivity contribution in [2.45, 2.75) is 18.9 Å². The van der Waals surface area contributed by atoms with Gasteiger partial charge in [0.1, 0.15) is 16.6 Å². The molecule has 0 fully saturated rings. The highest BCUT2D eigenvalue weighted by atomic mass is 35.5. The molecule has 0 radical (unpaired) electrons. The van der Waals surface area contributed by atoms with E-state index in [9.17, 15) is 9.18 Å². The molecule has 3 aromatic rings. The summed E-state index contributed by atoms with van der Waals surface area (Å²) in [4.78, 5) is 16.9. The third-order valence-corrected chi connectivity index (χ3v) is 4.67. The van der Waals surface area contributed by atoms with E-state index in [1.54, 1.807) is 24.3 Å². The molecule has 25 heavy (non-hydrogen) atoms. The minimum absolute atomic E-state index is 0.408. The molecule has 3 rings (SSSR count). The number of aromatic nitrogens is 2. The standard InChI is InChI=1S/C18H16ClFN2O2S/c1-3-24-16-9-11(19)5-8-14(16)22-15-10-12(20)6-7-13(15)17(25-4-2)21-18(22)23/h5-10H,3-4H2,1-2H3. The lowest BCUT2D eigenvalue weighted by molar-refractivity contribution is 0.339. The van der Waals surface area contributed by atoms with E-state index in [2.05, 4.69) is 4.98 Å². The number of fused-ring (bicyclic) bond motifs is 1. The zero-order valence-electron chi connectivity index (χ0n) is 13.8. The molecule has 0 aliphatic rings. The Morgan fingerprint density at radius 2 is 2.04 bits per heavy atom. The summed E-state index contributed by atoms with van der Waals surface area (Å²) in [6.45, 7) is 4.22. The van der Waals surface area contributed by atoms with Crippen LogP contribution in [0.1, 0.15) is 13.8 Å². The molecule has 0 saturated heterocycles. The van der Waals surface area contributed by atoms with Gasteiger partial charge in [0.25, 0.3) is 0 Å². The van der Waals surface area contributed by atoms with Crippen LogP contribution in [0.3, 0.4) is 0 Å². The Hall–Kier alpha value is -2.05. The molecule has 2 aromatic carbocycles. The van der Waals surface area contributed by atoms with Gasteiger partial charge in [-0.3, -0.25) is 4.57 Å². The molecule has 4 nitrogen and oxygen atoms in total. The number of ether oxygens (including phenoxy) is 1. The largest absolute Gasteiger partial charge is 0.492 e. The van der Waals surface area contributed by atoms with E-state index in [1.807, 2.05) is 13.8 Å². The minimum Gasteiger partial charge on any atom is -0.492 e. The molecular weight excluding hydrogens is 363 g/mol. The van der Waals surface area contributed by atoms with Gasteiger partial charge < -0.3 is 4.74 Å². The maximum absolute atomic E-state index is 13.9. The Morgan fingerprint density at radius 1 is 1.24 bits per heavy atom. The predicted octanol–water partition coefficient (Wildman–Crippen LogP) is 4.69. The van der Waals surface area contributed by atoms with Crippen LogP contribution in [0.25, 0.3) is 16.6 Å². The molecule has 0 aliphatic carbocycles. The van der Waals surface area contributed by atoms with Crippen molar-refractivity contribution in [2.75, 3.05) is 12.4 Å². The van der Waals surface area contributed by atoms with Gasteiger partial charge in [0.2, 0.25) is 0 Å². The first kappa shape index (κ1) is 17.8. The average molecular weight is 379 g/mol. The smallest absolute Gasteiger partial charge is 0.353 e. The van der Waals surface area contributed by atoms with Gasteiger partial charge >= 0.3 is 5.69 Å². The lowest BCUT2D eigenvalue weighted by Gasteiger charge is -2.16. The molecule has 7 heteroatoms. The predicted molar refractivity (Wildman–Crippen MR) is 99.9 cm³/mol.